The summed E-state index contributed by atoms with van der Waals surface area (Å²) >= 11 is 0. The van der Waals surface area contributed by atoms with Gasteiger partial charge in [-0.1, -0.05) is 35.9 Å². The molecule has 132 valence electrons. The van der Waals surface area contributed by atoms with Crippen molar-refractivity contribution in [2.45, 2.75) is 13.8 Å². The molecule has 0 unspecified atom stereocenters. The summed E-state index contributed by atoms with van der Waals surface area (Å²) in [6, 6.07) is 22.0. The number of benzene rings is 3. The maximum Gasteiger partial charge on any atom is 0.343 e. The van der Waals surface area contributed by atoms with Gasteiger partial charge in [0.15, 0.2) is 0 Å². The summed E-state index contributed by atoms with van der Waals surface area (Å²) in [6.45, 7) is 3.95. The lowest BCUT2D eigenvalue weighted by atomic mass is 10.1. The number of hydrogen-bond donors (Lipinski definition) is 0. The zero-order chi connectivity index (χ0) is 18.4. The second kappa shape index (κ2) is 8.21. The third-order valence-corrected chi connectivity index (χ3v) is 3.83. The van der Waals surface area contributed by atoms with Crippen molar-refractivity contribution in [2.75, 3.05) is 6.79 Å². The maximum atomic E-state index is 12.3. The lowest BCUT2D eigenvalue weighted by Crippen LogP contribution is -2.10. The number of para-hydroxylation sites is 1. The van der Waals surface area contributed by atoms with Gasteiger partial charge in [-0.25, -0.2) is 4.79 Å². The number of ether oxygens (including phenoxy) is 3. The average Bonchev–Trinajstić information content (AvgIpc) is 2.65. The molecule has 0 aliphatic heterocycles. The van der Waals surface area contributed by atoms with E-state index in [9.17, 15) is 4.79 Å². The van der Waals surface area contributed by atoms with E-state index in [0.717, 1.165) is 16.9 Å². The predicted molar refractivity (Wildman–Crippen MR) is 99.9 cm³/mol. The standard InChI is InChI=1S/C22H20O4/c1-16-8-11-20(12-9-16)26-22(23)18-10-13-21(17(2)14-18)25-15-24-19-6-4-3-5-7-19/h3-14H,15H2,1-2H3. The van der Waals surface area contributed by atoms with E-state index in [1.54, 1.807) is 30.3 Å². The van der Waals surface area contributed by atoms with Gasteiger partial charge >= 0.3 is 5.97 Å². The van der Waals surface area contributed by atoms with Crippen LogP contribution in [0.1, 0.15) is 21.5 Å². The van der Waals surface area contributed by atoms with E-state index in [1.807, 2.05) is 56.3 Å². The normalized spacial score (nSPS) is 10.2. The quantitative estimate of drug-likeness (QED) is 0.360. The Labute approximate surface area is 153 Å². The molecule has 0 aliphatic carbocycles. The van der Waals surface area contributed by atoms with Gasteiger partial charge in [-0.3, -0.25) is 0 Å². The van der Waals surface area contributed by atoms with Gasteiger partial charge in [0.1, 0.15) is 17.2 Å². The van der Waals surface area contributed by atoms with Gasteiger partial charge in [0, 0.05) is 0 Å². The van der Waals surface area contributed by atoms with Crippen molar-refractivity contribution in [2.24, 2.45) is 0 Å². The van der Waals surface area contributed by atoms with Crippen LogP contribution in [0.4, 0.5) is 0 Å². The second-order valence-corrected chi connectivity index (χ2v) is 5.90. The van der Waals surface area contributed by atoms with Crippen molar-refractivity contribution in [1.82, 2.24) is 0 Å². The lowest BCUT2D eigenvalue weighted by Gasteiger charge is -2.11. The SMILES string of the molecule is Cc1ccc(OC(=O)c2ccc(OCOc3ccccc3)c(C)c2)cc1. The van der Waals surface area contributed by atoms with E-state index in [-0.39, 0.29) is 6.79 Å². The van der Waals surface area contributed by atoms with Crippen molar-refractivity contribution in [3.8, 4) is 17.2 Å². The first-order valence-corrected chi connectivity index (χ1v) is 8.32. The summed E-state index contributed by atoms with van der Waals surface area (Å²) in [5, 5.41) is 0. The maximum absolute atomic E-state index is 12.3. The molecule has 0 saturated carbocycles. The van der Waals surface area contributed by atoms with Gasteiger partial charge in [-0.15, -0.1) is 0 Å². The van der Waals surface area contributed by atoms with Crippen LogP contribution in [0, 0.1) is 13.8 Å². The molecule has 0 N–H and O–H groups in total. The molecule has 3 rings (SSSR count). The monoisotopic (exact) mass is 348 g/mol. The first-order valence-electron chi connectivity index (χ1n) is 8.32. The van der Waals surface area contributed by atoms with E-state index in [2.05, 4.69) is 0 Å². The van der Waals surface area contributed by atoms with Crippen LogP contribution in [0.5, 0.6) is 17.2 Å². The third kappa shape index (κ3) is 4.63. The number of rotatable bonds is 6. The highest BCUT2D eigenvalue weighted by molar-refractivity contribution is 5.91. The number of hydrogen-bond acceptors (Lipinski definition) is 4. The van der Waals surface area contributed by atoms with Crippen LogP contribution in [0.2, 0.25) is 0 Å². The largest absolute Gasteiger partial charge is 0.458 e. The molecule has 0 aliphatic rings. The van der Waals surface area contributed by atoms with Crippen LogP contribution in [0.15, 0.2) is 72.8 Å². The molecule has 0 amide bonds. The number of carbonyl (C=O) groups is 1. The van der Waals surface area contributed by atoms with Crippen molar-refractivity contribution >= 4 is 5.97 Å². The summed E-state index contributed by atoms with van der Waals surface area (Å²) in [4.78, 5) is 12.3. The molecule has 0 saturated heterocycles. The first kappa shape index (κ1) is 17.5. The zero-order valence-corrected chi connectivity index (χ0v) is 14.8. The third-order valence-electron chi connectivity index (χ3n) is 3.83. The zero-order valence-electron chi connectivity index (χ0n) is 14.8. The van der Waals surface area contributed by atoms with Gasteiger partial charge in [0.2, 0.25) is 6.79 Å². The molecule has 4 heteroatoms. The molecule has 3 aromatic carbocycles. The summed E-state index contributed by atoms with van der Waals surface area (Å²) in [6.07, 6.45) is 0. The Bertz CT molecular complexity index is 870. The van der Waals surface area contributed by atoms with Crippen LogP contribution in [0.25, 0.3) is 0 Å². The Hall–Kier alpha value is -3.27. The van der Waals surface area contributed by atoms with Gasteiger partial charge in [-0.2, -0.15) is 0 Å². The minimum Gasteiger partial charge on any atom is -0.458 e. The molecule has 0 atom stereocenters. The van der Waals surface area contributed by atoms with Crippen LogP contribution in [0.3, 0.4) is 0 Å². The predicted octanol–water partition coefficient (Wildman–Crippen LogP) is 4.94. The molecule has 0 bridgehead atoms. The Morgan fingerprint density at radius 2 is 1.54 bits per heavy atom. The van der Waals surface area contributed by atoms with E-state index in [0.29, 0.717) is 17.1 Å². The van der Waals surface area contributed by atoms with Crippen LogP contribution in [-0.4, -0.2) is 12.8 Å². The fraction of sp³-hybridized carbons (Fsp3) is 0.136. The van der Waals surface area contributed by atoms with Crippen molar-refractivity contribution in [3.05, 3.63) is 89.5 Å². The Kier molecular flexibility index (Phi) is 5.54. The van der Waals surface area contributed by atoms with Gasteiger partial charge in [-0.05, 0) is 61.9 Å². The topological polar surface area (TPSA) is 44.8 Å². The first-order chi connectivity index (χ1) is 12.6. The van der Waals surface area contributed by atoms with Crippen LogP contribution < -0.4 is 14.2 Å². The smallest absolute Gasteiger partial charge is 0.343 e. The molecule has 26 heavy (non-hydrogen) atoms. The fourth-order valence-electron chi connectivity index (χ4n) is 2.39. The minimum atomic E-state index is -0.399. The van der Waals surface area contributed by atoms with Crippen molar-refractivity contribution in [3.63, 3.8) is 0 Å². The summed E-state index contributed by atoms with van der Waals surface area (Å²) in [5.74, 6) is 1.52. The highest BCUT2D eigenvalue weighted by atomic mass is 16.7. The number of aryl methyl sites for hydroxylation is 2. The number of carbonyl (C=O) groups excluding carboxylic acids is 1. The summed E-state index contributed by atoms with van der Waals surface area (Å²) in [7, 11) is 0. The second-order valence-electron chi connectivity index (χ2n) is 5.90. The highest BCUT2D eigenvalue weighted by Crippen LogP contribution is 2.21. The molecule has 4 nitrogen and oxygen atoms in total. The van der Waals surface area contributed by atoms with Gasteiger partial charge < -0.3 is 14.2 Å². The summed E-state index contributed by atoms with van der Waals surface area (Å²) < 4.78 is 16.5. The van der Waals surface area contributed by atoms with Crippen LogP contribution in [-0.2, 0) is 0 Å². The summed E-state index contributed by atoms with van der Waals surface area (Å²) in [5.41, 5.74) is 2.42. The van der Waals surface area contributed by atoms with Gasteiger partial charge in [0.25, 0.3) is 0 Å². The molecule has 0 radical (unpaired) electrons. The number of esters is 1. The Morgan fingerprint density at radius 3 is 2.23 bits per heavy atom. The highest BCUT2D eigenvalue weighted by Gasteiger charge is 2.11. The average molecular weight is 348 g/mol. The Morgan fingerprint density at radius 1 is 0.808 bits per heavy atom. The van der Waals surface area contributed by atoms with Crippen molar-refractivity contribution in [1.29, 1.82) is 0 Å². The Balaban J connectivity index is 1.59. The fourth-order valence-corrected chi connectivity index (χ4v) is 2.39. The van der Waals surface area contributed by atoms with E-state index in [4.69, 9.17) is 14.2 Å². The molecule has 0 fully saturated rings. The molecular formula is C22H20O4. The van der Waals surface area contributed by atoms with Gasteiger partial charge in [0.05, 0.1) is 5.56 Å². The van der Waals surface area contributed by atoms with E-state index < -0.39 is 5.97 Å². The van der Waals surface area contributed by atoms with E-state index >= 15 is 0 Å². The molecule has 0 spiro atoms. The van der Waals surface area contributed by atoms with Crippen molar-refractivity contribution < 1.29 is 19.0 Å². The van der Waals surface area contributed by atoms with Crippen LogP contribution >= 0.6 is 0 Å². The molecule has 0 heterocycles. The molecule has 0 aromatic heterocycles. The molecule has 3 aromatic rings. The van der Waals surface area contributed by atoms with E-state index in [1.165, 1.54) is 0 Å². The minimum absolute atomic E-state index is 0.0953. The lowest BCUT2D eigenvalue weighted by molar-refractivity contribution is 0.0734. The molecular weight excluding hydrogens is 328 g/mol.